The van der Waals surface area contributed by atoms with E-state index in [2.05, 4.69) is 44.2 Å². The van der Waals surface area contributed by atoms with Crippen LogP contribution in [-0.2, 0) is 7.05 Å². The first-order valence-electron chi connectivity index (χ1n) is 13.2. The van der Waals surface area contributed by atoms with Gasteiger partial charge in [0.25, 0.3) is 0 Å². The summed E-state index contributed by atoms with van der Waals surface area (Å²) in [5.74, 6) is 0.234. The van der Waals surface area contributed by atoms with Crippen LogP contribution in [0.4, 0.5) is 0 Å². The normalized spacial score (nSPS) is 12.6. The number of pyridine rings is 1. The Kier molecular flexibility index (Phi) is 5.05. The van der Waals surface area contributed by atoms with Crippen LogP contribution < -0.4 is 4.57 Å². The van der Waals surface area contributed by atoms with Gasteiger partial charge in [-0.25, -0.2) is 4.57 Å². The van der Waals surface area contributed by atoms with E-state index in [-0.39, 0.29) is 5.75 Å². The van der Waals surface area contributed by atoms with Crippen LogP contribution in [-0.4, -0.2) is 5.11 Å². The van der Waals surface area contributed by atoms with Gasteiger partial charge in [0, 0.05) is 26.9 Å². The highest BCUT2D eigenvalue weighted by molar-refractivity contribution is 5.87. The standard InChI is InChI=1S/C33H29NO/c1-22-16-19-31(34(4)21-22)32-23(2)17-18-28(24(32)3)30-15-9-14-29(33(30)35)27-13-8-12-26(20-27)25-10-6-5-7-11-25/h5-21H,1-4H3/p+1/i1D3. The van der Waals surface area contributed by atoms with Crippen molar-refractivity contribution in [2.24, 2.45) is 7.05 Å². The number of rotatable bonds is 4. The first-order valence-corrected chi connectivity index (χ1v) is 11.7. The minimum absolute atomic E-state index is 0.234. The maximum Gasteiger partial charge on any atom is 0.212 e. The summed E-state index contributed by atoms with van der Waals surface area (Å²) in [6.07, 6.45) is 1.67. The van der Waals surface area contributed by atoms with Gasteiger partial charge in [0.1, 0.15) is 12.8 Å². The maximum absolute atomic E-state index is 11.5. The average molecular weight is 460 g/mol. The molecule has 35 heavy (non-hydrogen) atoms. The van der Waals surface area contributed by atoms with Crippen molar-refractivity contribution >= 4 is 0 Å². The molecule has 0 atom stereocenters. The van der Waals surface area contributed by atoms with Crippen LogP contribution in [0.2, 0.25) is 0 Å². The van der Waals surface area contributed by atoms with Gasteiger partial charge in [-0.2, -0.15) is 0 Å². The number of phenols is 1. The summed E-state index contributed by atoms with van der Waals surface area (Å²) in [7, 11) is 1.87. The van der Waals surface area contributed by atoms with E-state index in [0.29, 0.717) is 5.56 Å². The smallest absolute Gasteiger partial charge is 0.212 e. The number of hydrogen-bond donors (Lipinski definition) is 1. The van der Waals surface area contributed by atoms with Crippen LogP contribution in [0.25, 0.3) is 44.6 Å². The van der Waals surface area contributed by atoms with Gasteiger partial charge in [-0.15, -0.1) is 0 Å². The molecule has 0 aliphatic carbocycles. The summed E-state index contributed by atoms with van der Waals surface area (Å²) in [5.41, 5.74) is 9.98. The molecule has 4 aromatic carbocycles. The largest absolute Gasteiger partial charge is 0.507 e. The fourth-order valence-electron chi connectivity index (χ4n) is 4.89. The maximum atomic E-state index is 11.5. The van der Waals surface area contributed by atoms with Crippen molar-refractivity contribution in [1.82, 2.24) is 0 Å². The van der Waals surface area contributed by atoms with Crippen LogP contribution in [0.15, 0.2) is 103 Å². The Hall–Kier alpha value is -4.17. The van der Waals surface area contributed by atoms with Crippen molar-refractivity contribution in [2.75, 3.05) is 0 Å². The van der Waals surface area contributed by atoms with E-state index >= 15 is 0 Å². The van der Waals surface area contributed by atoms with E-state index < -0.39 is 6.85 Å². The third-order valence-corrected chi connectivity index (χ3v) is 6.67. The second kappa shape index (κ2) is 9.23. The highest BCUT2D eigenvalue weighted by Gasteiger charge is 2.20. The lowest BCUT2D eigenvalue weighted by Crippen LogP contribution is -2.31. The lowest BCUT2D eigenvalue weighted by atomic mass is 9.89. The molecule has 1 aromatic heterocycles. The molecule has 0 saturated carbocycles. The van der Waals surface area contributed by atoms with E-state index in [9.17, 15) is 5.11 Å². The summed E-state index contributed by atoms with van der Waals surface area (Å²) in [6.45, 7) is 1.94. The highest BCUT2D eigenvalue weighted by atomic mass is 16.3. The van der Waals surface area contributed by atoms with Crippen LogP contribution >= 0.6 is 0 Å². The molecule has 0 amide bonds. The predicted molar refractivity (Wildman–Crippen MR) is 145 cm³/mol. The number of para-hydroxylation sites is 1. The summed E-state index contributed by atoms with van der Waals surface area (Å²) >= 11 is 0. The van der Waals surface area contributed by atoms with Crippen molar-refractivity contribution in [3.05, 3.63) is 120 Å². The van der Waals surface area contributed by atoms with Crippen LogP contribution in [0, 0.1) is 20.7 Å². The molecular weight excluding hydrogens is 426 g/mol. The van der Waals surface area contributed by atoms with Gasteiger partial charge >= 0.3 is 0 Å². The fourth-order valence-corrected chi connectivity index (χ4v) is 4.89. The van der Waals surface area contributed by atoms with Crippen LogP contribution in [0.5, 0.6) is 5.75 Å². The third kappa shape index (κ3) is 4.24. The number of nitrogens with zero attached hydrogens (tertiary/aromatic N) is 1. The van der Waals surface area contributed by atoms with Crippen LogP contribution in [0.1, 0.15) is 20.8 Å². The molecule has 0 radical (unpaired) electrons. The second-order valence-electron chi connectivity index (χ2n) is 8.99. The minimum Gasteiger partial charge on any atom is -0.507 e. The summed E-state index contributed by atoms with van der Waals surface area (Å²) in [4.78, 5) is 0. The Morgan fingerprint density at radius 2 is 1.40 bits per heavy atom. The topological polar surface area (TPSA) is 24.1 Å². The first kappa shape index (κ1) is 19.2. The molecule has 172 valence electrons. The van der Waals surface area contributed by atoms with Gasteiger partial charge in [0.05, 0.1) is 5.56 Å². The minimum atomic E-state index is -2.16. The lowest BCUT2D eigenvalue weighted by Gasteiger charge is -2.16. The van der Waals surface area contributed by atoms with Crippen LogP contribution in [0.3, 0.4) is 0 Å². The molecule has 0 saturated heterocycles. The number of benzene rings is 4. The molecule has 0 unspecified atom stereocenters. The molecule has 2 nitrogen and oxygen atoms in total. The number of aryl methyl sites for hydroxylation is 3. The van der Waals surface area contributed by atoms with Gasteiger partial charge in [0.2, 0.25) is 5.69 Å². The zero-order valence-electron chi connectivity index (χ0n) is 23.2. The first-order chi connectivity index (χ1) is 18.1. The Morgan fingerprint density at radius 1 is 0.686 bits per heavy atom. The third-order valence-electron chi connectivity index (χ3n) is 6.67. The number of aromatic hydroxyl groups is 1. The van der Waals surface area contributed by atoms with Crippen molar-refractivity contribution in [2.45, 2.75) is 20.7 Å². The zero-order valence-corrected chi connectivity index (χ0v) is 20.2. The number of phenolic OH excluding ortho intramolecular Hbond substituents is 1. The van der Waals surface area contributed by atoms with Crippen molar-refractivity contribution in [3.8, 4) is 50.4 Å². The van der Waals surface area contributed by atoms with E-state index in [1.165, 1.54) is 0 Å². The average Bonchev–Trinajstić information content (AvgIpc) is 2.90. The molecule has 5 aromatic rings. The van der Waals surface area contributed by atoms with E-state index in [1.807, 2.05) is 72.3 Å². The fraction of sp³-hybridized carbons (Fsp3) is 0.121. The summed E-state index contributed by atoms with van der Waals surface area (Å²) < 4.78 is 25.1. The van der Waals surface area contributed by atoms with Crippen molar-refractivity contribution < 1.29 is 13.8 Å². The Balaban J connectivity index is 1.61. The molecule has 1 heterocycles. The molecule has 1 N–H and O–H groups in total. The van der Waals surface area contributed by atoms with Crippen molar-refractivity contribution in [1.29, 1.82) is 0 Å². The molecular formula is C33H30NO+. The van der Waals surface area contributed by atoms with Gasteiger partial charge in [-0.3, -0.25) is 0 Å². The quantitative estimate of drug-likeness (QED) is 0.272. The molecule has 0 fully saturated rings. The van der Waals surface area contributed by atoms with Gasteiger partial charge < -0.3 is 5.11 Å². The highest BCUT2D eigenvalue weighted by Crippen LogP contribution is 2.42. The Bertz CT molecular complexity index is 1640. The molecule has 5 rings (SSSR count). The van der Waals surface area contributed by atoms with Crippen molar-refractivity contribution in [3.63, 3.8) is 0 Å². The number of aromatic nitrogens is 1. The molecule has 0 spiro atoms. The molecule has 0 bridgehead atoms. The lowest BCUT2D eigenvalue weighted by molar-refractivity contribution is -0.660. The predicted octanol–water partition coefficient (Wildman–Crippen LogP) is 7.81. The Labute approximate surface area is 212 Å². The monoisotopic (exact) mass is 459 g/mol. The zero-order chi connectivity index (χ0) is 27.0. The molecule has 0 aliphatic heterocycles. The molecule has 0 aliphatic rings. The van der Waals surface area contributed by atoms with Gasteiger partial charge in [-0.05, 0) is 66.2 Å². The van der Waals surface area contributed by atoms with E-state index in [0.717, 1.165) is 55.8 Å². The van der Waals surface area contributed by atoms with E-state index in [1.54, 1.807) is 12.3 Å². The Morgan fingerprint density at radius 3 is 2.17 bits per heavy atom. The molecule has 2 heteroatoms. The summed E-state index contributed by atoms with van der Waals surface area (Å²) in [5, 5.41) is 11.5. The number of hydrogen-bond acceptors (Lipinski definition) is 1. The SMILES string of the molecule is [2H]C([2H])([2H])c1ccc(-c2c(C)ccc(-c3cccc(-c4cccc(-c5ccccc5)c4)c3O)c2C)[n+](C)c1. The van der Waals surface area contributed by atoms with Gasteiger partial charge in [-0.1, -0.05) is 78.9 Å². The van der Waals surface area contributed by atoms with E-state index in [4.69, 9.17) is 4.11 Å². The second-order valence-corrected chi connectivity index (χ2v) is 8.99. The van der Waals surface area contributed by atoms with Gasteiger partial charge in [0.15, 0.2) is 6.20 Å². The summed E-state index contributed by atoms with van der Waals surface area (Å²) in [6, 6.07) is 31.9.